The number of carbonyl (C=O) groups excluding carboxylic acids is 1. The molecule has 0 radical (unpaired) electrons. The molecule has 2 aromatic rings. The first-order valence-corrected chi connectivity index (χ1v) is 7.71. The highest BCUT2D eigenvalue weighted by Gasteiger charge is 2.09. The summed E-state index contributed by atoms with van der Waals surface area (Å²) in [5.41, 5.74) is 1.57. The molecule has 0 saturated carbocycles. The molecule has 0 fully saturated rings. The number of amides is 1. The smallest absolute Gasteiger partial charge is 0.234 e. The highest BCUT2D eigenvalue weighted by atomic mass is 16.5. The summed E-state index contributed by atoms with van der Waals surface area (Å²) in [7, 11) is 1.62. The third-order valence-electron chi connectivity index (χ3n) is 3.59. The van der Waals surface area contributed by atoms with Crippen LogP contribution in [0.4, 0.5) is 0 Å². The van der Waals surface area contributed by atoms with Crippen molar-refractivity contribution in [2.24, 2.45) is 0 Å². The summed E-state index contributed by atoms with van der Waals surface area (Å²) >= 11 is 0. The largest absolute Gasteiger partial charge is 0.497 e. The van der Waals surface area contributed by atoms with Gasteiger partial charge in [-0.25, -0.2) is 4.68 Å². The standard InChI is InChI=1S/C16H23N5O2/c1-4-20(5-2)12-16(22)17-10-13-11-21(19-18-13)14-7-6-8-15(9-14)23-3/h6-9,11H,4-5,10,12H2,1-3H3,(H,17,22). The Morgan fingerprint density at radius 3 is 2.83 bits per heavy atom. The van der Waals surface area contributed by atoms with Gasteiger partial charge in [0.1, 0.15) is 11.4 Å². The molecule has 1 aromatic heterocycles. The highest BCUT2D eigenvalue weighted by Crippen LogP contribution is 2.15. The number of rotatable bonds is 8. The van der Waals surface area contributed by atoms with Gasteiger partial charge in [0.2, 0.25) is 5.91 Å². The fourth-order valence-electron chi connectivity index (χ4n) is 2.15. The zero-order valence-corrected chi connectivity index (χ0v) is 13.8. The van der Waals surface area contributed by atoms with Crippen molar-refractivity contribution in [1.82, 2.24) is 25.2 Å². The Kier molecular flexibility index (Phi) is 6.10. The van der Waals surface area contributed by atoms with Gasteiger partial charge >= 0.3 is 0 Å². The lowest BCUT2D eigenvalue weighted by molar-refractivity contribution is -0.122. The number of nitrogens with one attached hydrogen (secondary N) is 1. The fourth-order valence-corrected chi connectivity index (χ4v) is 2.15. The van der Waals surface area contributed by atoms with Crippen LogP contribution >= 0.6 is 0 Å². The average molecular weight is 317 g/mol. The van der Waals surface area contributed by atoms with Crippen LogP contribution in [0.1, 0.15) is 19.5 Å². The Morgan fingerprint density at radius 1 is 1.35 bits per heavy atom. The summed E-state index contributed by atoms with van der Waals surface area (Å²) in [6, 6.07) is 7.55. The molecule has 1 N–H and O–H groups in total. The predicted octanol–water partition coefficient (Wildman–Crippen LogP) is 1.23. The predicted molar refractivity (Wildman–Crippen MR) is 87.5 cm³/mol. The van der Waals surface area contributed by atoms with E-state index in [0.29, 0.717) is 18.8 Å². The summed E-state index contributed by atoms with van der Waals surface area (Å²) in [5, 5.41) is 11.0. The van der Waals surface area contributed by atoms with E-state index in [4.69, 9.17) is 4.74 Å². The molecule has 7 nitrogen and oxygen atoms in total. The van der Waals surface area contributed by atoms with Gasteiger partial charge in [-0.1, -0.05) is 25.1 Å². The zero-order valence-electron chi connectivity index (χ0n) is 13.8. The topological polar surface area (TPSA) is 72.3 Å². The van der Waals surface area contributed by atoms with E-state index < -0.39 is 0 Å². The van der Waals surface area contributed by atoms with Crippen LogP contribution < -0.4 is 10.1 Å². The van der Waals surface area contributed by atoms with Crippen molar-refractivity contribution in [3.8, 4) is 11.4 Å². The van der Waals surface area contributed by atoms with Crippen LogP contribution in [0.15, 0.2) is 30.5 Å². The van der Waals surface area contributed by atoms with Crippen LogP contribution in [0.5, 0.6) is 5.75 Å². The normalized spacial score (nSPS) is 10.8. The van der Waals surface area contributed by atoms with Crippen LogP contribution in [-0.4, -0.2) is 52.5 Å². The van der Waals surface area contributed by atoms with E-state index in [2.05, 4.69) is 20.5 Å². The first-order valence-electron chi connectivity index (χ1n) is 7.71. The minimum Gasteiger partial charge on any atom is -0.497 e. The molecule has 0 spiro atoms. The lowest BCUT2D eigenvalue weighted by atomic mass is 10.3. The third kappa shape index (κ3) is 4.79. The van der Waals surface area contributed by atoms with Crippen molar-refractivity contribution in [3.63, 3.8) is 0 Å². The molecule has 124 valence electrons. The molecule has 7 heteroatoms. The maximum atomic E-state index is 11.9. The summed E-state index contributed by atoms with van der Waals surface area (Å²) in [5.74, 6) is 0.747. The summed E-state index contributed by atoms with van der Waals surface area (Å²) in [6.07, 6.45) is 1.80. The molecule has 0 bridgehead atoms. The minimum atomic E-state index is -0.00960. The van der Waals surface area contributed by atoms with Crippen molar-refractivity contribution in [3.05, 3.63) is 36.2 Å². The molecular weight excluding hydrogens is 294 g/mol. The summed E-state index contributed by atoms with van der Waals surface area (Å²) < 4.78 is 6.86. The van der Waals surface area contributed by atoms with E-state index in [1.54, 1.807) is 18.0 Å². The number of carbonyl (C=O) groups is 1. The van der Waals surface area contributed by atoms with Crippen LogP contribution in [0.25, 0.3) is 5.69 Å². The molecule has 0 aliphatic carbocycles. The van der Waals surface area contributed by atoms with E-state index in [0.717, 1.165) is 24.5 Å². The summed E-state index contributed by atoms with van der Waals surface area (Å²) in [6.45, 7) is 6.56. The number of hydrogen-bond acceptors (Lipinski definition) is 5. The third-order valence-corrected chi connectivity index (χ3v) is 3.59. The number of hydrogen-bond donors (Lipinski definition) is 1. The summed E-state index contributed by atoms with van der Waals surface area (Å²) in [4.78, 5) is 13.9. The maximum Gasteiger partial charge on any atom is 0.234 e. The Morgan fingerprint density at radius 2 is 2.13 bits per heavy atom. The Labute approximate surface area is 136 Å². The van der Waals surface area contributed by atoms with Crippen molar-refractivity contribution in [2.45, 2.75) is 20.4 Å². The first-order chi connectivity index (χ1) is 11.2. The van der Waals surface area contributed by atoms with E-state index >= 15 is 0 Å². The number of aromatic nitrogens is 3. The lowest BCUT2D eigenvalue weighted by Gasteiger charge is -2.16. The van der Waals surface area contributed by atoms with Crippen LogP contribution in [-0.2, 0) is 11.3 Å². The molecule has 1 aromatic carbocycles. The number of ether oxygens (including phenoxy) is 1. The number of nitrogens with zero attached hydrogens (tertiary/aromatic N) is 4. The zero-order chi connectivity index (χ0) is 16.7. The number of likely N-dealkylation sites (N-methyl/N-ethyl adjacent to an activating group) is 1. The van der Waals surface area contributed by atoms with Gasteiger partial charge in [0.05, 0.1) is 32.1 Å². The van der Waals surface area contributed by atoms with Gasteiger partial charge in [0, 0.05) is 6.07 Å². The van der Waals surface area contributed by atoms with Crippen molar-refractivity contribution in [2.75, 3.05) is 26.7 Å². The van der Waals surface area contributed by atoms with Crippen LogP contribution in [0, 0.1) is 0 Å². The van der Waals surface area contributed by atoms with Gasteiger partial charge < -0.3 is 10.1 Å². The fraction of sp³-hybridized carbons (Fsp3) is 0.438. The van der Waals surface area contributed by atoms with E-state index in [-0.39, 0.29) is 5.91 Å². The molecule has 2 rings (SSSR count). The molecular formula is C16H23N5O2. The average Bonchev–Trinajstić information content (AvgIpc) is 3.07. The molecule has 0 unspecified atom stereocenters. The number of methoxy groups -OCH3 is 1. The molecule has 23 heavy (non-hydrogen) atoms. The van der Waals surface area contributed by atoms with Crippen LogP contribution in [0.3, 0.4) is 0 Å². The van der Waals surface area contributed by atoms with E-state index in [1.165, 1.54) is 0 Å². The molecule has 0 saturated heterocycles. The molecule has 0 atom stereocenters. The second-order valence-electron chi connectivity index (χ2n) is 5.09. The molecule has 1 heterocycles. The quantitative estimate of drug-likeness (QED) is 0.793. The second kappa shape index (κ2) is 8.28. The van der Waals surface area contributed by atoms with Gasteiger partial charge in [0.25, 0.3) is 0 Å². The first kappa shape index (κ1) is 17.0. The number of benzene rings is 1. The van der Waals surface area contributed by atoms with Crippen LogP contribution in [0.2, 0.25) is 0 Å². The molecule has 0 aliphatic rings. The SMILES string of the molecule is CCN(CC)CC(=O)NCc1cn(-c2cccc(OC)c2)nn1. The lowest BCUT2D eigenvalue weighted by Crippen LogP contribution is -2.36. The monoisotopic (exact) mass is 317 g/mol. The van der Waals surface area contributed by atoms with Gasteiger partial charge in [-0.3, -0.25) is 9.69 Å². The van der Waals surface area contributed by atoms with E-state index in [1.807, 2.05) is 38.1 Å². The minimum absolute atomic E-state index is 0.00960. The maximum absolute atomic E-state index is 11.9. The Balaban J connectivity index is 1.93. The molecule has 0 aliphatic heterocycles. The van der Waals surface area contributed by atoms with E-state index in [9.17, 15) is 4.79 Å². The van der Waals surface area contributed by atoms with Gasteiger partial charge in [-0.2, -0.15) is 0 Å². The second-order valence-corrected chi connectivity index (χ2v) is 5.09. The van der Waals surface area contributed by atoms with Crippen molar-refractivity contribution >= 4 is 5.91 Å². The van der Waals surface area contributed by atoms with Crippen molar-refractivity contribution in [1.29, 1.82) is 0 Å². The van der Waals surface area contributed by atoms with Crippen molar-refractivity contribution < 1.29 is 9.53 Å². The highest BCUT2D eigenvalue weighted by molar-refractivity contribution is 5.77. The van der Waals surface area contributed by atoms with Gasteiger partial charge in [-0.15, -0.1) is 5.10 Å². The Bertz CT molecular complexity index is 637. The molecule has 1 amide bonds. The van der Waals surface area contributed by atoms with Gasteiger partial charge in [-0.05, 0) is 25.2 Å². The Hall–Kier alpha value is -2.41. The van der Waals surface area contributed by atoms with Gasteiger partial charge in [0.15, 0.2) is 0 Å².